The fourth-order valence-electron chi connectivity index (χ4n) is 0.542. The molecule has 0 radical (unpaired) electrons. The van der Waals surface area contributed by atoms with Gasteiger partial charge in [-0.15, -0.1) is 0 Å². The molecule has 0 aromatic heterocycles. The first-order chi connectivity index (χ1) is 5.55. The van der Waals surface area contributed by atoms with Crippen molar-refractivity contribution in [2.24, 2.45) is 5.92 Å². The molecular weight excluding hydrogens is 226 g/mol. The maximum atomic E-state index is 11.6. The van der Waals surface area contributed by atoms with Crippen molar-refractivity contribution in [1.29, 1.82) is 0 Å². The summed E-state index contributed by atoms with van der Waals surface area (Å²) in [6, 6.07) is 0. The highest BCUT2D eigenvalue weighted by molar-refractivity contribution is 7.72. The highest BCUT2D eigenvalue weighted by atomic mass is 32.2. The minimum Gasteiger partial charge on any atom is -0.232 e. The van der Waals surface area contributed by atoms with E-state index in [-0.39, 0.29) is 0 Å². The summed E-state index contributed by atoms with van der Waals surface area (Å²) < 4.78 is 89.0. The van der Waals surface area contributed by atoms with Gasteiger partial charge >= 0.3 is 12.4 Å². The van der Waals surface area contributed by atoms with Crippen molar-refractivity contribution in [2.45, 2.75) is 12.4 Å². The van der Waals surface area contributed by atoms with E-state index < -0.39 is 34.7 Å². The third-order valence-corrected chi connectivity index (χ3v) is 1.79. The fourth-order valence-corrected chi connectivity index (χ4v) is 1.25. The summed E-state index contributed by atoms with van der Waals surface area (Å²) in [4.78, 5) is 0. The Hall–Kier alpha value is -0.470. The first-order valence-electron chi connectivity index (χ1n) is 2.80. The highest BCUT2D eigenvalue weighted by Crippen LogP contribution is 2.39. The fraction of sp³-hybridized carbons (Fsp3) is 1.00. The predicted octanol–water partition coefficient (Wildman–Crippen LogP) is 1.34. The number of thiol groups is 1. The Morgan fingerprint density at radius 2 is 1.23 bits per heavy atom. The van der Waals surface area contributed by atoms with Crippen LogP contribution in [-0.2, 0) is 10.7 Å². The minimum atomic E-state index is -5.58. The quantitative estimate of drug-likeness (QED) is 0.573. The largest absolute Gasteiger partial charge is 0.401 e. The Balaban J connectivity index is 4.78. The zero-order chi connectivity index (χ0) is 10.9. The van der Waals surface area contributed by atoms with E-state index >= 15 is 0 Å². The number of hydrogen-bond acceptors (Lipinski definition) is 2. The van der Waals surface area contributed by atoms with Gasteiger partial charge in [0.2, 0.25) is 0 Å². The van der Waals surface area contributed by atoms with Crippen LogP contribution in [0.4, 0.5) is 26.3 Å². The Labute approximate surface area is 70.5 Å². The first kappa shape index (κ1) is 12.5. The van der Waals surface area contributed by atoms with Gasteiger partial charge in [0.05, 0.1) is 5.75 Å². The van der Waals surface area contributed by atoms with Crippen LogP contribution in [0, 0.1) is 5.92 Å². The lowest BCUT2D eigenvalue weighted by molar-refractivity contribution is -0.276. The molecule has 0 saturated carbocycles. The topological polar surface area (TPSA) is 34.1 Å². The van der Waals surface area contributed by atoms with E-state index in [0.29, 0.717) is 0 Å². The second kappa shape index (κ2) is 3.72. The first-order valence-corrected chi connectivity index (χ1v) is 4.16. The molecule has 0 amide bonds. The van der Waals surface area contributed by atoms with Gasteiger partial charge in [0.25, 0.3) is 0 Å². The number of alkyl halides is 6. The molecule has 0 fully saturated rings. The van der Waals surface area contributed by atoms with E-state index in [1.807, 2.05) is 0 Å². The van der Waals surface area contributed by atoms with Crippen LogP contribution in [0.2, 0.25) is 0 Å². The van der Waals surface area contributed by atoms with E-state index in [2.05, 4.69) is 0 Å². The summed E-state index contributed by atoms with van der Waals surface area (Å²) in [5, 5.41) is 0. The maximum Gasteiger partial charge on any atom is 0.401 e. The van der Waals surface area contributed by atoms with E-state index in [1.165, 1.54) is 0 Å². The van der Waals surface area contributed by atoms with Gasteiger partial charge in [-0.1, -0.05) is 0 Å². The summed E-state index contributed by atoms with van der Waals surface area (Å²) in [5.74, 6) is -5.75. The number of halogens is 6. The molecule has 0 atom stereocenters. The predicted molar refractivity (Wildman–Crippen MR) is 30.8 cm³/mol. The third kappa shape index (κ3) is 4.34. The van der Waals surface area contributed by atoms with Gasteiger partial charge in [0, 0.05) is 0 Å². The standard InChI is InChI=1S/C4H4F6O2S/c5-3(6,7)2(1-13(11)12)4(8,9)10/h2,13H,1H2. The normalized spacial score (nSPS) is 14.2. The molecule has 0 N–H and O–H groups in total. The summed E-state index contributed by atoms with van der Waals surface area (Å²) in [7, 11) is -3.71. The Morgan fingerprint density at radius 3 is 1.31 bits per heavy atom. The van der Waals surface area contributed by atoms with Crippen molar-refractivity contribution in [3.63, 3.8) is 0 Å². The van der Waals surface area contributed by atoms with Gasteiger partial charge in [-0.3, -0.25) is 0 Å². The highest BCUT2D eigenvalue weighted by Gasteiger charge is 2.56. The van der Waals surface area contributed by atoms with Gasteiger partial charge in [-0.05, 0) is 0 Å². The van der Waals surface area contributed by atoms with Crippen LogP contribution in [0.25, 0.3) is 0 Å². The van der Waals surface area contributed by atoms with E-state index in [1.54, 1.807) is 0 Å². The third-order valence-electron chi connectivity index (χ3n) is 1.12. The van der Waals surface area contributed by atoms with Crippen molar-refractivity contribution in [3.8, 4) is 0 Å². The second-order valence-corrected chi connectivity index (χ2v) is 3.18. The molecule has 0 aliphatic heterocycles. The molecule has 0 heterocycles. The van der Waals surface area contributed by atoms with E-state index in [9.17, 15) is 34.8 Å². The van der Waals surface area contributed by atoms with Gasteiger partial charge in [0.1, 0.15) is 10.7 Å². The molecule has 9 heteroatoms. The molecule has 0 aliphatic rings. The number of hydrogen-bond donors (Lipinski definition) is 1. The summed E-state index contributed by atoms with van der Waals surface area (Å²) in [6.07, 6.45) is -11.2. The molecule has 0 spiro atoms. The lowest BCUT2D eigenvalue weighted by Crippen LogP contribution is -2.39. The monoisotopic (exact) mass is 230 g/mol. The van der Waals surface area contributed by atoms with Crippen LogP contribution in [-0.4, -0.2) is 26.5 Å². The van der Waals surface area contributed by atoms with Crippen molar-refractivity contribution in [2.75, 3.05) is 5.75 Å². The second-order valence-electron chi connectivity index (χ2n) is 2.15. The van der Waals surface area contributed by atoms with Crippen molar-refractivity contribution in [3.05, 3.63) is 0 Å². The molecule has 0 saturated heterocycles. The van der Waals surface area contributed by atoms with Crippen LogP contribution in [0.3, 0.4) is 0 Å². The zero-order valence-corrected chi connectivity index (χ0v) is 6.71. The van der Waals surface area contributed by atoms with Crippen LogP contribution in [0.1, 0.15) is 0 Å². The molecule has 0 aromatic rings. The zero-order valence-electron chi connectivity index (χ0n) is 5.82. The maximum absolute atomic E-state index is 11.6. The molecule has 2 nitrogen and oxygen atoms in total. The van der Waals surface area contributed by atoms with Gasteiger partial charge < -0.3 is 0 Å². The van der Waals surface area contributed by atoms with Crippen LogP contribution in [0.15, 0.2) is 0 Å². The van der Waals surface area contributed by atoms with Crippen molar-refractivity contribution >= 4 is 10.7 Å². The smallest absolute Gasteiger partial charge is 0.232 e. The van der Waals surface area contributed by atoms with Crippen LogP contribution < -0.4 is 0 Å². The lowest BCUT2D eigenvalue weighted by Gasteiger charge is -2.20. The molecular formula is C4H4F6O2S. The Bertz CT molecular complexity index is 216. The molecule has 13 heavy (non-hydrogen) atoms. The Morgan fingerprint density at radius 1 is 0.923 bits per heavy atom. The Kier molecular flexibility index (Phi) is 3.59. The summed E-state index contributed by atoms with van der Waals surface area (Å²) in [6.45, 7) is 0. The molecule has 80 valence electrons. The average molecular weight is 230 g/mol. The van der Waals surface area contributed by atoms with E-state index in [4.69, 9.17) is 0 Å². The number of rotatable bonds is 2. The SMILES string of the molecule is O=[SH](=O)CC(C(F)(F)F)C(F)(F)F. The molecule has 0 aliphatic carbocycles. The van der Waals surface area contributed by atoms with Gasteiger partial charge in [0.15, 0.2) is 5.92 Å². The van der Waals surface area contributed by atoms with Gasteiger partial charge in [-0.25, -0.2) is 8.42 Å². The molecule has 0 rings (SSSR count). The summed E-state index contributed by atoms with van der Waals surface area (Å²) in [5.41, 5.74) is 0. The van der Waals surface area contributed by atoms with Crippen molar-refractivity contribution in [1.82, 2.24) is 0 Å². The van der Waals surface area contributed by atoms with E-state index in [0.717, 1.165) is 0 Å². The van der Waals surface area contributed by atoms with Crippen LogP contribution >= 0.6 is 0 Å². The summed E-state index contributed by atoms with van der Waals surface area (Å²) >= 11 is 0. The van der Waals surface area contributed by atoms with Gasteiger partial charge in [-0.2, -0.15) is 26.3 Å². The lowest BCUT2D eigenvalue weighted by atomic mass is 10.1. The van der Waals surface area contributed by atoms with Crippen molar-refractivity contribution < 1.29 is 34.8 Å². The molecule has 0 unspecified atom stereocenters. The minimum absolute atomic E-state index is 1.96. The van der Waals surface area contributed by atoms with Crippen LogP contribution in [0.5, 0.6) is 0 Å². The molecule has 0 bridgehead atoms. The molecule has 0 aromatic carbocycles. The average Bonchev–Trinajstić information content (AvgIpc) is 1.77.